The summed E-state index contributed by atoms with van der Waals surface area (Å²) in [4.78, 5) is 4.34. The van der Waals surface area contributed by atoms with Gasteiger partial charge in [0.15, 0.2) is 5.96 Å². The molecule has 2 aromatic rings. The molecular weight excluding hydrogens is 282 g/mol. The number of hydrogen-bond donors (Lipinski definition) is 2. The Morgan fingerprint density at radius 1 is 1.14 bits per heavy atom. The van der Waals surface area contributed by atoms with Crippen LogP contribution in [0.5, 0.6) is 0 Å². The summed E-state index contributed by atoms with van der Waals surface area (Å²) >= 11 is 6.10. The molecule has 0 heterocycles. The molecule has 1 aliphatic rings. The number of guanidine groups is 1. The van der Waals surface area contributed by atoms with Crippen LogP contribution in [0.15, 0.2) is 47.5 Å². The molecule has 1 aliphatic carbocycles. The average Bonchev–Trinajstić information content (AvgIpc) is 2.94. The van der Waals surface area contributed by atoms with Crippen molar-refractivity contribution in [2.75, 3.05) is 5.32 Å². The van der Waals surface area contributed by atoms with E-state index in [9.17, 15) is 0 Å². The highest BCUT2D eigenvalue weighted by atomic mass is 35.5. The Morgan fingerprint density at radius 2 is 1.95 bits per heavy atom. The van der Waals surface area contributed by atoms with Gasteiger partial charge in [-0.15, -0.1) is 0 Å². The van der Waals surface area contributed by atoms with Gasteiger partial charge in [-0.3, -0.25) is 0 Å². The predicted molar refractivity (Wildman–Crippen MR) is 88.9 cm³/mol. The molecule has 0 unspecified atom stereocenters. The van der Waals surface area contributed by atoms with Crippen LogP contribution in [0.25, 0.3) is 0 Å². The molecule has 0 spiro atoms. The molecule has 3 rings (SSSR count). The summed E-state index contributed by atoms with van der Waals surface area (Å²) in [6, 6.07) is 14.1. The maximum absolute atomic E-state index is 6.10. The van der Waals surface area contributed by atoms with Crippen LogP contribution in [-0.2, 0) is 19.4 Å². The quantitative estimate of drug-likeness (QED) is 0.670. The van der Waals surface area contributed by atoms with Crippen LogP contribution in [0.4, 0.5) is 5.69 Å². The van der Waals surface area contributed by atoms with Gasteiger partial charge in [0.1, 0.15) is 0 Å². The Labute approximate surface area is 129 Å². The van der Waals surface area contributed by atoms with Crippen molar-refractivity contribution in [3.63, 3.8) is 0 Å². The molecule has 4 heteroatoms. The second-order valence-electron chi connectivity index (χ2n) is 5.25. The van der Waals surface area contributed by atoms with Crippen molar-refractivity contribution in [3.8, 4) is 0 Å². The minimum Gasteiger partial charge on any atom is -0.370 e. The van der Waals surface area contributed by atoms with E-state index in [2.05, 4.69) is 28.5 Å². The average molecular weight is 300 g/mol. The van der Waals surface area contributed by atoms with Crippen LogP contribution < -0.4 is 11.1 Å². The van der Waals surface area contributed by atoms with E-state index in [1.807, 2.05) is 24.3 Å². The molecule has 0 aromatic heterocycles. The van der Waals surface area contributed by atoms with E-state index in [1.54, 1.807) is 0 Å². The van der Waals surface area contributed by atoms with Crippen LogP contribution in [0.1, 0.15) is 23.1 Å². The van der Waals surface area contributed by atoms with E-state index in [-0.39, 0.29) is 0 Å². The number of hydrogen-bond acceptors (Lipinski definition) is 1. The fourth-order valence-corrected chi connectivity index (χ4v) is 2.83. The zero-order chi connectivity index (χ0) is 14.7. The Kier molecular flexibility index (Phi) is 4.11. The molecule has 0 amide bonds. The normalized spacial score (nSPS) is 14.0. The largest absolute Gasteiger partial charge is 0.370 e. The fraction of sp³-hybridized carbons (Fsp3) is 0.235. The standard InChI is InChI=1S/C17H18ClN3/c18-16-7-2-1-4-14(16)11-20-17(19)21-15-9-8-12-5-3-6-13(12)10-15/h1-2,4,7-10H,3,5-6,11H2,(H3,19,20,21). The van der Waals surface area contributed by atoms with Gasteiger partial charge in [-0.1, -0.05) is 35.9 Å². The lowest BCUT2D eigenvalue weighted by Crippen LogP contribution is -2.22. The second-order valence-corrected chi connectivity index (χ2v) is 5.66. The van der Waals surface area contributed by atoms with E-state index >= 15 is 0 Å². The molecule has 3 N–H and O–H groups in total. The molecule has 0 fully saturated rings. The molecule has 0 radical (unpaired) electrons. The first-order valence-electron chi connectivity index (χ1n) is 7.14. The van der Waals surface area contributed by atoms with Gasteiger partial charge in [0.05, 0.1) is 6.54 Å². The fourth-order valence-electron chi connectivity index (χ4n) is 2.63. The summed E-state index contributed by atoms with van der Waals surface area (Å²) in [5.74, 6) is 0.410. The maximum Gasteiger partial charge on any atom is 0.193 e. The zero-order valence-electron chi connectivity index (χ0n) is 11.8. The third kappa shape index (κ3) is 3.37. The number of aliphatic imine (C=N–C) groups is 1. The Morgan fingerprint density at radius 3 is 2.81 bits per heavy atom. The summed E-state index contributed by atoms with van der Waals surface area (Å²) in [5, 5.41) is 3.86. The molecule has 0 atom stereocenters. The van der Waals surface area contributed by atoms with Gasteiger partial charge in [0.2, 0.25) is 0 Å². The van der Waals surface area contributed by atoms with E-state index in [0.717, 1.165) is 17.7 Å². The lowest BCUT2D eigenvalue weighted by molar-refractivity contribution is 0.912. The van der Waals surface area contributed by atoms with Crippen molar-refractivity contribution < 1.29 is 0 Å². The third-order valence-corrected chi connectivity index (χ3v) is 4.12. The van der Waals surface area contributed by atoms with Gasteiger partial charge in [-0.25, -0.2) is 4.99 Å². The van der Waals surface area contributed by atoms with Gasteiger partial charge >= 0.3 is 0 Å². The van der Waals surface area contributed by atoms with E-state index in [1.165, 1.54) is 24.0 Å². The van der Waals surface area contributed by atoms with Crippen molar-refractivity contribution in [2.24, 2.45) is 10.7 Å². The number of nitrogens with two attached hydrogens (primary N) is 1. The van der Waals surface area contributed by atoms with Crippen molar-refractivity contribution in [1.29, 1.82) is 0 Å². The summed E-state index contributed by atoms with van der Waals surface area (Å²) in [6.45, 7) is 0.476. The van der Waals surface area contributed by atoms with Gasteiger partial charge in [0.25, 0.3) is 0 Å². The number of aryl methyl sites for hydroxylation is 2. The first-order valence-corrected chi connectivity index (χ1v) is 7.52. The Bertz CT molecular complexity index is 679. The Hall–Kier alpha value is -2.00. The smallest absolute Gasteiger partial charge is 0.193 e. The van der Waals surface area contributed by atoms with Gasteiger partial charge in [0, 0.05) is 10.7 Å². The minimum atomic E-state index is 0.410. The highest BCUT2D eigenvalue weighted by Gasteiger charge is 2.10. The molecular formula is C17H18ClN3. The molecule has 2 aromatic carbocycles. The van der Waals surface area contributed by atoms with Crippen molar-refractivity contribution in [3.05, 3.63) is 64.2 Å². The number of benzene rings is 2. The van der Waals surface area contributed by atoms with Gasteiger partial charge in [-0.05, 0) is 54.2 Å². The summed E-state index contributed by atoms with van der Waals surface area (Å²) in [6.07, 6.45) is 3.59. The third-order valence-electron chi connectivity index (χ3n) is 3.75. The SMILES string of the molecule is NC(=NCc1ccccc1Cl)Nc1ccc2c(c1)CCC2. The lowest BCUT2D eigenvalue weighted by Gasteiger charge is -2.08. The van der Waals surface area contributed by atoms with E-state index in [0.29, 0.717) is 17.5 Å². The van der Waals surface area contributed by atoms with Crippen LogP contribution in [-0.4, -0.2) is 5.96 Å². The van der Waals surface area contributed by atoms with Gasteiger partial charge < -0.3 is 11.1 Å². The topological polar surface area (TPSA) is 50.4 Å². The lowest BCUT2D eigenvalue weighted by atomic mass is 10.1. The second kappa shape index (κ2) is 6.19. The van der Waals surface area contributed by atoms with E-state index < -0.39 is 0 Å². The Balaban J connectivity index is 1.67. The molecule has 0 aliphatic heterocycles. The highest BCUT2D eigenvalue weighted by Crippen LogP contribution is 2.24. The number of anilines is 1. The highest BCUT2D eigenvalue weighted by molar-refractivity contribution is 6.31. The van der Waals surface area contributed by atoms with Gasteiger partial charge in [-0.2, -0.15) is 0 Å². The zero-order valence-corrected chi connectivity index (χ0v) is 12.5. The monoisotopic (exact) mass is 299 g/mol. The first-order chi connectivity index (χ1) is 10.2. The number of fused-ring (bicyclic) bond motifs is 1. The van der Waals surface area contributed by atoms with E-state index in [4.69, 9.17) is 17.3 Å². The number of halogens is 1. The summed E-state index contributed by atoms with van der Waals surface area (Å²) in [5.41, 5.74) is 10.8. The molecule has 108 valence electrons. The summed E-state index contributed by atoms with van der Waals surface area (Å²) in [7, 11) is 0. The molecule has 0 saturated carbocycles. The van der Waals surface area contributed by atoms with Crippen molar-refractivity contribution >= 4 is 23.2 Å². The molecule has 0 bridgehead atoms. The molecule has 0 saturated heterocycles. The molecule has 21 heavy (non-hydrogen) atoms. The van der Waals surface area contributed by atoms with Crippen molar-refractivity contribution in [1.82, 2.24) is 0 Å². The van der Waals surface area contributed by atoms with Crippen LogP contribution in [0, 0.1) is 0 Å². The van der Waals surface area contributed by atoms with Crippen LogP contribution in [0.3, 0.4) is 0 Å². The number of nitrogens with zero attached hydrogens (tertiary/aromatic N) is 1. The summed E-state index contributed by atoms with van der Waals surface area (Å²) < 4.78 is 0. The first kappa shape index (κ1) is 14.0. The van der Waals surface area contributed by atoms with Crippen LogP contribution >= 0.6 is 11.6 Å². The van der Waals surface area contributed by atoms with Crippen molar-refractivity contribution in [2.45, 2.75) is 25.8 Å². The van der Waals surface area contributed by atoms with Crippen LogP contribution in [0.2, 0.25) is 5.02 Å². The number of nitrogens with one attached hydrogen (secondary N) is 1. The maximum atomic E-state index is 6.10. The number of rotatable bonds is 3. The predicted octanol–water partition coefficient (Wildman–Crippen LogP) is 3.76. The minimum absolute atomic E-state index is 0.410. The molecule has 3 nitrogen and oxygen atoms in total.